The average Bonchev–Trinajstić information content (AvgIpc) is 2.81. The number of ketones is 1. The summed E-state index contributed by atoms with van der Waals surface area (Å²) in [5.74, 6) is -0.837. The van der Waals surface area contributed by atoms with Gasteiger partial charge in [0.1, 0.15) is 10.7 Å². The molecule has 1 aromatic heterocycles. The Balaban J connectivity index is 2.49. The predicted molar refractivity (Wildman–Crippen MR) is 71.5 cm³/mol. The zero-order chi connectivity index (χ0) is 13.3. The molecule has 0 saturated carbocycles. The van der Waals surface area contributed by atoms with Crippen LogP contribution in [0.2, 0.25) is 0 Å². The highest BCUT2D eigenvalue weighted by atomic mass is 79.9. The van der Waals surface area contributed by atoms with Crippen LogP contribution >= 0.6 is 27.5 Å². The third-order valence-electron chi connectivity index (χ3n) is 2.46. The summed E-state index contributed by atoms with van der Waals surface area (Å²) in [6.45, 7) is 3.84. The Morgan fingerprint density at radius 1 is 1.44 bits per heavy atom. The molecule has 3 nitrogen and oxygen atoms in total. The molecule has 0 fully saturated rings. The smallest absolute Gasteiger partial charge is 0.209 e. The van der Waals surface area contributed by atoms with E-state index in [2.05, 4.69) is 25.5 Å². The second-order valence-corrected chi connectivity index (χ2v) is 5.68. The minimum atomic E-state index is -0.550. The molecular weight excluding hydrogens is 319 g/mol. The molecule has 1 heterocycles. The first-order valence-electron chi connectivity index (χ1n) is 5.33. The molecule has 0 aliphatic rings. The number of nitrogens with zero attached hydrogens (tertiary/aromatic N) is 2. The van der Waals surface area contributed by atoms with Crippen LogP contribution in [-0.2, 0) is 0 Å². The molecule has 6 heteroatoms. The molecule has 18 heavy (non-hydrogen) atoms. The molecule has 94 valence electrons. The van der Waals surface area contributed by atoms with Gasteiger partial charge in [-0.3, -0.25) is 4.79 Å². The van der Waals surface area contributed by atoms with Crippen molar-refractivity contribution in [2.45, 2.75) is 19.8 Å². The van der Waals surface area contributed by atoms with Crippen LogP contribution < -0.4 is 0 Å². The fourth-order valence-corrected chi connectivity index (χ4v) is 2.67. The van der Waals surface area contributed by atoms with Gasteiger partial charge in [-0.05, 0) is 45.5 Å². The van der Waals surface area contributed by atoms with Crippen LogP contribution in [0.15, 0.2) is 22.7 Å². The van der Waals surface area contributed by atoms with Crippen molar-refractivity contribution in [2.24, 2.45) is 0 Å². The van der Waals surface area contributed by atoms with E-state index in [9.17, 15) is 9.18 Å². The van der Waals surface area contributed by atoms with Gasteiger partial charge in [0.15, 0.2) is 0 Å². The molecule has 0 N–H and O–H groups in total. The first kappa shape index (κ1) is 13.3. The summed E-state index contributed by atoms with van der Waals surface area (Å²) in [5.41, 5.74) is 0.654. The summed E-state index contributed by atoms with van der Waals surface area (Å²) in [6, 6.07) is 4.65. The summed E-state index contributed by atoms with van der Waals surface area (Å²) >= 11 is 4.07. The fraction of sp³-hybridized carbons (Fsp3) is 0.250. The summed E-state index contributed by atoms with van der Waals surface area (Å²) in [6.07, 6.45) is 0. The highest BCUT2D eigenvalue weighted by molar-refractivity contribution is 9.10. The van der Waals surface area contributed by atoms with Crippen LogP contribution in [0.4, 0.5) is 4.39 Å². The van der Waals surface area contributed by atoms with E-state index in [0.717, 1.165) is 11.5 Å². The molecule has 0 radical (unpaired) electrons. The number of hydrogen-bond donors (Lipinski definition) is 0. The molecule has 2 aromatic rings. The van der Waals surface area contributed by atoms with Crippen molar-refractivity contribution in [1.82, 2.24) is 9.59 Å². The lowest BCUT2D eigenvalue weighted by molar-refractivity contribution is 0.103. The lowest BCUT2D eigenvalue weighted by Crippen LogP contribution is -2.06. The third kappa shape index (κ3) is 2.35. The number of halogens is 2. The quantitative estimate of drug-likeness (QED) is 0.805. The van der Waals surface area contributed by atoms with E-state index in [1.165, 1.54) is 6.07 Å². The molecular formula is C12H10BrFN2OS. The minimum Gasteiger partial charge on any atom is -0.287 e. The van der Waals surface area contributed by atoms with Gasteiger partial charge in [0.05, 0.1) is 15.7 Å². The molecule has 0 spiro atoms. The zero-order valence-electron chi connectivity index (χ0n) is 9.78. The SMILES string of the molecule is CC(C)c1nnsc1C(=O)c1cccc(Br)c1F. The van der Waals surface area contributed by atoms with Gasteiger partial charge in [-0.25, -0.2) is 4.39 Å². The van der Waals surface area contributed by atoms with Crippen LogP contribution in [0.1, 0.15) is 40.7 Å². The van der Waals surface area contributed by atoms with Gasteiger partial charge >= 0.3 is 0 Å². The molecule has 1 aromatic carbocycles. The number of aromatic nitrogens is 2. The standard InChI is InChI=1S/C12H10BrFN2OS/c1-6(2)10-12(18-16-15-10)11(17)7-4-3-5-8(13)9(7)14/h3-6H,1-2H3. The zero-order valence-corrected chi connectivity index (χ0v) is 12.2. The summed E-state index contributed by atoms with van der Waals surface area (Å²) in [7, 11) is 0. The maximum Gasteiger partial charge on any atom is 0.209 e. The van der Waals surface area contributed by atoms with Gasteiger partial charge in [-0.2, -0.15) is 0 Å². The molecule has 0 saturated heterocycles. The second kappa shape index (κ2) is 5.24. The third-order valence-corrected chi connectivity index (χ3v) is 3.82. The largest absolute Gasteiger partial charge is 0.287 e. The van der Waals surface area contributed by atoms with E-state index in [1.807, 2.05) is 13.8 Å². The van der Waals surface area contributed by atoms with Crippen molar-refractivity contribution in [2.75, 3.05) is 0 Å². The summed E-state index contributed by atoms with van der Waals surface area (Å²) in [4.78, 5) is 12.7. The van der Waals surface area contributed by atoms with Crippen molar-refractivity contribution in [3.63, 3.8) is 0 Å². The van der Waals surface area contributed by atoms with E-state index in [-0.39, 0.29) is 21.7 Å². The first-order valence-corrected chi connectivity index (χ1v) is 6.90. The molecule has 0 amide bonds. The number of carbonyl (C=O) groups excluding carboxylic acids is 1. The van der Waals surface area contributed by atoms with Crippen molar-refractivity contribution < 1.29 is 9.18 Å². The van der Waals surface area contributed by atoms with Gasteiger partial charge < -0.3 is 0 Å². The van der Waals surface area contributed by atoms with E-state index in [4.69, 9.17) is 0 Å². The summed E-state index contributed by atoms with van der Waals surface area (Å²) in [5, 5.41) is 3.93. The Bertz CT molecular complexity index is 598. The monoisotopic (exact) mass is 328 g/mol. The highest BCUT2D eigenvalue weighted by Crippen LogP contribution is 2.26. The van der Waals surface area contributed by atoms with Crippen LogP contribution in [-0.4, -0.2) is 15.4 Å². The molecule has 0 unspecified atom stereocenters. The van der Waals surface area contributed by atoms with E-state index >= 15 is 0 Å². The van der Waals surface area contributed by atoms with Gasteiger partial charge in [-0.1, -0.05) is 24.4 Å². The Kier molecular flexibility index (Phi) is 3.87. The average molecular weight is 329 g/mol. The summed E-state index contributed by atoms with van der Waals surface area (Å²) < 4.78 is 17.9. The van der Waals surface area contributed by atoms with Gasteiger partial charge in [0, 0.05) is 0 Å². The van der Waals surface area contributed by atoms with E-state index in [0.29, 0.717) is 10.6 Å². The molecule has 0 aliphatic heterocycles. The van der Waals surface area contributed by atoms with E-state index in [1.54, 1.807) is 12.1 Å². The predicted octanol–water partition coefficient (Wildman–Crippen LogP) is 3.79. The first-order chi connectivity index (χ1) is 8.52. The normalized spacial score (nSPS) is 10.9. The van der Waals surface area contributed by atoms with Gasteiger partial charge in [0.25, 0.3) is 0 Å². The molecule has 2 rings (SSSR count). The van der Waals surface area contributed by atoms with Crippen LogP contribution in [0.25, 0.3) is 0 Å². The molecule has 0 aliphatic carbocycles. The Labute approximate surface area is 116 Å². The Morgan fingerprint density at radius 3 is 2.83 bits per heavy atom. The minimum absolute atomic E-state index is 0.0392. The lowest BCUT2D eigenvalue weighted by atomic mass is 10.0. The highest BCUT2D eigenvalue weighted by Gasteiger charge is 2.23. The van der Waals surface area contributed by atoms with Crippen molar-refractivity contribution in [3.05, 3.63) is 44.6 Å². The number of rotatable bonds is 3. The maximum atomic E-state index is 13.9. The van der Waals surface area contributed by atoms with Gasteiger partial charge in [-0.15, -0.1) is 5.10 Å². The van der Waals surface area contributed by atoms with Crippen LogP contribution in [0.5, 0.6) is 0 Å². The maximum absolute atomic E-state index is 13.9. The number of benzene rings is 1. The fourth-order valence-electron chi connectivity index (χ4n) is 1.53. The number of hydrogen-bond acceptors (Lipinski definition) is 4. The van der Waals surface area contributed by atoms with Crippen molar-refractivity contribution in [3.8, 4) is 0 Å². The topological polar surface area (TPSA) is 42.9 Å². The lowest BCUT2D eigenvalue weighted by Gasteiger charge is -2.05. The number of carbonyl (C=O) groups is 1. The van der Waals surface area contributed by atoms with Crippen LogP contribution in [0.3, 0.4) is 0 Å². The molecule has 0 bridgehead atoms. The van der Waals surface area contributed by atoms with Crippen LogP contribution in [0, 0.1) is 5.82 Å². The van der Waals surface area contributed by atoms with E-state index < -0.39 is 5.82 Å². The Hall–Kier alpha value is -1.14. The second-order valence-electron chi connectivity index (χ2n) is 4.07. The van der Waals surface area contributed by atoms with Gasteiger partial charge in [0.2, 0.25) is 5.78 Å². The van der Waals surface area contributed by atoms with Crippen molar-refractivity contribution >= 4 is 33.2 Å². The van der Waals surface area contributed by atoms with Crippen molar-refractivity contribution in [1.29, 1.82) is 0 Å². The molecule has 0 atom stereocenters. The Morgan fingerprint density at radius 2 is 2.17 bits per heavy atom.